The quantitative estimate of drug-likeness (QED) is 0.269. The van der Waals surface area contributed by atoms with Crippen molar-refractivity contribution in [3.05, 3.63) is 77.1 Å². The highest BCUT2D eigenvalue weighted by atomic mass is 32.2. The van der Waals surface area contributed by atoms with Crippen LogP contribution in [0.5, 0.6) is 0 Å². The molecule has 0 aromatic heterocycles. The van der Waals surface area contributed by atoms with Gasteiger partial charge in [0.1, 0.15) is 29.5 Å². The summed E-state index contributed by atoms with van der Waals surface area (Å²) in [5, 5.41) is 5.82. The summed E-state index contributed by atoms with van der Waals surface area (Å²) in [6, 6.07) is 6.51. The topological polar surface area (TPSA) is 154 Å². The third kappa shape index (κ3) is 7.89. The largest absolute Gasteiger partial charge is 0.444 e. The molecular weight excluding hydrogens is 747 g/mol. The van der Waals surface area contributed by atoms with Gasteiger partial charge < -0.3 is 20.3 Å². The molecule has 3 fully saturated rings. The first-order valence-electron chi connectivity index (χ1n) is 18.5. The van der Waals surface area contributed by atoms with E-state index in [1.54, 1.807) is 18.2 Å². The maximum Gasteiger partial charge on any atom is 0.416 e. The van der Waals surface area contributed by atoms with Crippen LogP contribution < -0.4 is 15.4 Å². The zero-order valence-electron chi connectivity index (χ0n) is 30.2. The van der Waals surface area contributed by atoms with Crippen molar-refractivity contribution in [2.24, 2.45) is 5.92 Å². The van der Waals surface area contributed by atoms with E-state index in [1.807, 2.05) is 6.08 Å². The van der Waals surface area contributed by atoms with E-state index >= 15 is 0 Å². The number of carbonyl (C=O) groups excluding carboxylic acids is 4. The van der Waals surface area contributed by atoms with E-state index < -0.39 is 85.8 Å². The molecule has 2 aromatic rings. The predicted molar refractivity (Wildman–Crippen MR) is 191 cm³/mol. The highest BCUT2D eigenvalue weighted by molar-refractivity contribution is 7.91. The number of rotatable bonds is 6. The summed E-state index contributed by atoms with van der Waals surface area (Å²) in [7, 11) is -4.05. The van der Waals surface area contributed by atoms with Gasteiger partial charge in [0.05, 0.1) is 23.4 Å². The number of sulfonamides is 1. The monoisotopic (exact) mass is 789 g/mol. The van der Waals surface area contributed by atoms with E-state index in [-0.39, 0.29) is 44.6 Å². The lowest BCUT2D eigenvalue weighted by Crippen LogP contribution is -2.58. The lowest BCUT2D eigenvalue weighted by atomic mass is 10.0. The first-order chi connectivity index (χ1) is 26.0. The van der Waals surface area contributed by atoms with Gasteiger partial charge in [0, 0.05) is 30.1 Å². The Morgan fingerprint density at radius 1 is 1.02 bits per heavy atom. The van der Waals surface area contributed by atoms with Crippen molar-refractivity contribution in [3.8, 4) is 0 Å². The second-order valence-electron chi connectivity index (χ2n) is 15.5. The van der Waals surface area contributed by atoms with Crippen LogP contribution in [0.4, 0.5) is 28.0 Å². The number of amides is 4. The number of nitrogens with one attached hydrogen (secondary N) is 3. The molecule has 296 valence electrons. The molecule has 0 bridgehead atoms. The molecule has 3 aliphatic heterocycles. The molecule has 5 atom stereocenters. The number of ether oxygens (including phenoxy) is 1. The first-order valence-corrected chi connectivity index (χ1v) is 20.0. The van der Waals surface area contributed by atoms with Crippen LogP contribution in [0.3, 0.4) is 0 Å². The molecule has 3 heterocycles. The highest BCUT2D eigenvalue weighted by Gasteiger charge is 2.63. The second-order valence-corrected chi connectivity index (χ2v) is 17.7. The van der Waals surface area contributed by atoms with Crippen molar-refractivity contribution in [1.82, 2.24) is 19.8 Å². The number of hydrogen-bond donors (Lipinski definition) is 3. The molecule has 7 rings (SSSR count). The molecule has 3 N–H and O–H groups in total. The van der Waals surface area contributed by atoms with Crippen LogP contribution in [0.1, 0.15) is 81.4 Å². The number of fused-ring (bicyclic) bond motifs is 3. The summed E-state index contributed by atoms with van der Waals surface area (Å²) in [5.41, 5.74) is -1.24. The average molecular weight is 790 g/mol. The van der Waals surface area contributed by atoms with Crippen molar-refractivity contribution in [2.75, 3.05) is 11.9 Å². The third-order valence-corrected chi connectivity index (χ3v) is 13.6. The molecule has 5 aliphatic rings. The summed E-state index contributed by atoms with van der Waals surface area (Å²) >= 11 is 0. The maximum absolute atomic E-state index is 14.5. The van der Waals surface area contributed by atoms with Gasteiger partial charge in [-0.15, -0.1) is 0 Å². The molecule has 2 aliphatic carbocycles. The van der Waals surface area contributed by atoms with Crippen LogP contribution in [0.15, 0.2) is 54.6 Å². The normalized spacial score (nSPS) is 27.8. The summed E-state index contributed by atoms with van der Waals surface area (Å²) in [5.74, 6) is -3.19. The number of alkyl halides is 3. The van der Waals surface area contributed by atoms with Gasteiger partial charge >= 0.3 is 12.3 Å². The van der Waals surface area contributed by atoms with E-state index in [0.717, 1.165) is 18.6 Å². The summed E-state index contributed by atoms with van der Waals surface area (Å²) in [4.78, 5) is 58.5. The Morgan fingerprint density at radius 3 is 2.45 bits per heavy atom. The molecule has 0 spiro atoms. The summed E-state index contributed by atoms with van der Waals surface area (Å²) in [6.45, 7) is 1.38. The van der Waals surface area contributed by atoms with Gasteiger partial charge in [-0.3, -0.25) is 24.0 Å². The van der Waals surface area contributed by atoms with Crippen LogP contribution in [-0.2, 0) is 48.4 Å². The van der Waals surface area contributed by atoms with Crippen LogP contribution in [-0.4, -0.2) is 77.1 Å². The lowest BCUT2D eigenvalue weighted by molar-refractivity contribution is -0.140. The van der Waals surface area contributed by atoms with E-state index in [0.29, 0.717) is 43.2 Å². The minimum absolute atomic E-state index is 0.0340. The van der Waals surface area contributed by atoms with E-state index in [9.17, 15) is 45.2 Å². The standard InChI is InChI=1S/C38H43F4N5O7S/c1-36(16-17-36)55(52,53)45-34(50)37-19-25(37)9-5-3-2-4-6-11-30(43-26-14-12-24(13-15-26)38(40,41)42)33(49)47-21-27(18-31(47)32(48)44-37)54-35(51)46-20-23-8-7-10-29(39)28(23)22-46/h5,7-10,12-15,25,27,30-31,43H,2-4,6,11,16-22H2,1H3,(H,44,48)(H,45,50)/t25-,27-,30+,31+,37-/m1/s1. The smallest absolute Gasteiger partial charge is 0.416 e. The molecule has 55 heavy (non-hydrogen) atoms. The lowest BCUT2D eigenvalue weighted by Gasteiger charge is -2.30. The van der Waals surface area contributed by atoms with Crippen molar-refractivity contribution in [2.45, 2.75) is 112 Å². The van der Waals surface area contributed by atoms with Crippen molar-refractivity contribution in [1.29, 1.82) is 0 Å². The zero-order chi connectivity index (χ0) is 39.3. The van der Waals surface area contributed by atoms with E-state index in [1.165, 1.54) is 34.9 Å². The number of allylic oxidation sites excluding steroid dienone is 1. The fourth-order valence-corrected chi connectivity index (χ4v) is 8.94. The van der Waals surface area contributed by atoms with Crippen LogP contribution in [0, 0.1) is 11.7 Å². The van der Waals surface area contributed by atoms with Crippen molar-refractivity contribution < 1.29 is 49.9 Å². The summed E-state index contributed by atoms with van der Waals surface area (Å²) in [6.07, 6.45) is 0.916. The number of anilines is 1. The fraction of sp³-hybridized carbons (Fsp3) is 0.526. The van der Waals surface area contributed by atoms with Gasteiger partial charge in [0.2, 0.25) is 21.8 Å². The first kappa shape index (κ1) is 38.6. The second kappa shape index (κ2) is 14.4. The van der Waals surface area contributed by atoms with E-state index in [4.69, 9.17) is 4.74 Å². The Balaban J connectivity index is 1.15. The number of carbonyl (C=O) groups is 4. The van der Waals surface area contributed by atoms with Gasteiger partial charge in [-0.25, -0.2) is 17.6 Å². The van der Waals surface area contributed by atoms with Crippen molar-refractivity contribution >= 4 is 39.5 Å². The molecule has 17 heteroatoms. The Morgan fingerprint density at radius 2 is 1.76 bits per heavy atom. The van der Waals surface area contributed by atoms with E-state index in [2.05, 4.69) is 15.4 Å². The van der Waals surface area contributed by atoms with Gasteiger partial charge in [-0.1, -0.05) is 37.1 Å². The van der Waals surface area contributed by atoms with Gasteiger partial charge in [-0.05, 0) is 81.3 Å². The van der Waals surface area contributed by atoms with Gasteiger partial charge in [0.15, 0.2) is 0 Å². The Kier molecular flexibility index (Phi) is 10.1. The van der Waals surface area contributed by atoms with Crippen LogP contribution in [0.2, 0.25) is 0 Å². The highest BCUT2D eigenvalue weighted by Crippen LogP contribution is 2.47. The maximum atomic E-state index is 14.5. The van der Waals surface area contributed by atoms with Crippen LogP contribution >= 0.6 is 0 Å². The molecule has 12 nitrogen and oxygen atoms in total. The summed E-state index contributed by atoms with van der Waals surface area (Å²) < 4.78 is 87.4. The Labute approximate surface area is 316 Å². The SMILES string of the molecule is CC1(S(=O)(=O)NC(=O)[C@@]23C[C@H]2C=CCCCCC[C@H](Nc2ccc(C(F)(F)F)cc2)C(=O)N2C[C@H](OC(=O)N4Cc5cccc(F)c5C4)C[C@H]2C(=O)N3)CC1. The molecule has 0 radical (unpaired) electrons. The fourth-order valence-electron chi connectivity index (χ4n) is 7.63. The minimum atomic E-state index is -4.56. The number of hydrogen-bond acceptors (Lipinski definition) is 8. The number of halogens is 4. The molecule has 1 saturated heterocycles. The van der Waals surface area contributed by atoms with Gasteiger partial charge in [0.25, 0.3) is 5.91 Å². The van der Waals surface area contributed by atoms with Crippen LogP contribution in [0.25, 0.3) is 0 Å². The van der Waals surface area contributed by atoms with Gasteiger partial charge in [-0.2, -0.15) is 13.2 Å². The molecular formula is C38H43F4N5O7S. The number of nitrogens with zero attached hydrogens (tertiary/aromatic N) is 2. The third-order valence-electron chi connectivity index (χ3n) is 11.5. The predicted octanol–water partition coefficient (Wildman–Crippen LogP) is 5.14. The molecule has 4 amide bonds. The number of benzene rings is 2. The molecule has 2 aromatic carbocycles. The van der Waals surface area contributed by atoms with Crippen molar-refractivity contribution in [3.63, 3.8) is 0 Å². The minimum Gasteiger partial charge on any atom is -0.444 e. The molecule has 0 unspecified atom stereocenters. The zero-order valence-corrected chi connectivity index (χ0v) is 31.0. The molecule has 2 saturated carbocycles. The Hall–Kier alpha value is -4.67. The average Bonchev–Trinajstić information content (AvgIpc) is 3.92. The Bertz CT molecular complexity index is 2010.